The van der Waals surface area contributed by atoms with Gasteiger partial charge in [0.2, 0.25) is 0 Å². The molecule has 0 bridgehead atoms. The van der Waals surface area contributed by atoms with Crippen molar-refractivity contribution in [3.05, 3.63) is 53.2 Å². The summed E-state index contributed by atoms with van der Waals surface area (Å²) < 4.78 is 71.1. The van der Waals surface area contributed by atoms with Crippen molar-refractivity contribution >= 4 is 22.1 Å². The average molecular weight is 344 g/mol. The zero-order chi connectivity index (χ0) is 24.2. The van der Waals surface area contributed by atoms with Crippen LogP contribution >= 0.6 is 0 Å². The molecule has 0 saturated heterocycles. The Morgan fingerprint density at radius 2 is 2.12 bits per heavy atom. The van der Waals surface area contributed by atoms with Gasteiger partial charge in [0.05, 0.1) is 31.7 Å². The Hall–Kier alpha value is -3.35. The van der Waals surface area contributed by atoms with E-state index in [-0.39, 0.29) is 28.4 Å². The third kappa shape index (κ3) is 2.40. The molecule has 0 aliphatic heterocycles. The van der Waals surface area contributed by atoms with E-state index in [1.807, 2.05) is 0 Å². The van der Waals surface area contributed by atoms with Crippen molar-refractivity contribution in [1.82, 2.24) is 19.5 Å². The zero-order valence-electron chi connectivity index (χ0n) is 20.6. The van der Waals surface area contributed by atoms with E-state index in [0.717, 1.165) is 4.57 Å². The highest BCUT2D eigenvalue weighted by Gasteiger charge is 2.15. The largest absolute Gasteiger partial charge is 0.496 e. The zero-order valence-corrected chi connectivity index (χ0v) is 12.6. The van der Waals surface area contributed by atoms with Crippen LogP contribution in [0.15, 0.2) is 47.5 Å². The molecule has 0 fully saturated rings. The molecule has 0 amide bonds. The first kappa shape index (κ1) is 8.66. The van der Waals surface area contributed by atoms with E-state index < -0.39 is 26.1 Å². The number of benzene rings is 1. The number of hydrogen-bond donors (Lipinski definition) is 1. The number of nitrogens with one attached hydrogen (secondary N) is 1. The molecular weight excluding hydrogens is 320 g/mol. The summed E-state index contributed by atoms with van der Waals surface area (Å²) in [6.45, 7) is -6.15. The van der Waals surface area contributed by atoms with Crippen LogP contribution in [0.25, 0.3) is 27.8 Å². The standard InChI is InChI=1S/C18H16N4O3/c1-3-25-15-7-9-20-17-16(15)22(18(23)21-17)11-4-5-13-12(10-11)14(24-2)6-8-19-13/h4-10H,3H2,1-2H3,(H,20,21,23)/i1D3,2D3,3D2. The summed E-state index contributed by atoms with van der Waals surface area (Å²) >= 11 is 0. The topological polar surface area (TPSA) is 82.0 Å². The predicted molar refractivity (Wildman–Crippen MR) is 94.7 cm³/mol. The molecule has 1 aromatic carbocycles. The highest BCUT2D eigenvalue weighted by atomic mass is 16.5. The number of pyridine rings is 2. The Morgan fingerprint density at radius 1 is 1.24 bits per heavy atom. The predicted octanol–water partition coefficient (Wildman–Crippen LogP) is 2.67. The van der Waals surface area contributed by atoms with Crippen molar-refractivity contribution in [1.29, 1.82) is 0 Å². The van der Waals surface area contributed by atoms with Gasteiger partial charge in [0.15, 0.2) is 5.65 Å². The second kappa shape index (κ2) is 5.94. The second-order valence-electron chi connectivity index (χ2n) is 5.09. The lowest BCUT2D eigenvalue weighted by molar-refractivity contribution is 0.343. The van der Waals surface area contributed by atoms with Crippen LogP contribution in [-0.4, -0.2) is 33.1 Å². The highest BCUT2D eigenvalue weighted by molar-refractivity contribution is 5.88. The Balaban J connectivity index is 1.93. The third-order valence-corrected chi connectivity index (χ3v) is 3.75. The number of ether oxygens (including phenoxy) is 2. The Bertz CT molecular complexity index is 1410. The van der Waals surface area contributed by atoms with Gasteiger partial charge in [-0.15, -0.1) is 0 Å². The molecule has 25 heavy (non-hydrogen) atoms. The van der Waals surface area contributed by atoms with E-state index in [4.69, 9.17) is 20.4 Å². The molecule has 7 heteroatoms. The maximum Gasteiger partial charge on any atom is 0.332 e. The van der Waals surface area contributed by atoms with Crippen LogP contribution in [0.4, 0.5) is 0 Å². The van der Waals surface area contributed by atoms with Crippen molar-refractivity contribution in [2.24, 2.45) is 0 Å². The summed E-state index contributed by atoms with van der Waals surface area (Å²) in [4.78, 5) is 23.5. The summed E-state index contributed by atoms with van der Waals surface area (Å²) in [6, 6.07) is 7.14. The van der Waals surface area contributed by atoms with Crippen LogP contribution < -0.4 is 15.2 Å². The van der Waals surface area contributed by atoms with Crippen LogP contribution in [0, 0.1) is 0 Å². The Kier molecular flexibility index (Phi) is 2.06. The number of hydrogen-bond acceptors (Lipinski definition) is 5. The molecular formula is C18H16N4O3. The molecule has 0 saturated carbocycles. The van der Waals surface area contributed by atoms with Gasteiger partial charge in [-0.1, -0.05) is 0 Å². The minimum Gasteiger partial charge on any atom is -0.496 e. The molecule has 1 N–H and O–H groups in total. The molecule has 3 aromatic heterocycles. The van der Waals surface area contributed by atoms with Crippen LogP contribution in [0.5, 0.6) is 11.5 Å². The molecule has 0 aliphatic rings. The molecule has 0 aliphatic carbocycles. The fraction of sp³-hybridized carbons (Fsp3) is 0.167. The van der Waals surface area contributed by atoms with Gasteiger partial charge in [0.1, 0.15) is 17.0 Å². The molecule has 7 nitrogen and oxygen atoms in total. The molecule has 3 heterocycles. The molecule has 0 spiro atoms. The van der Waals surface area contributed by atoms with Gasteiger partial charge in [-0.05, 0) is 31.1 Å². The van der Waals surface area contributed by atoms with Gasteiger partial charge in [-0.2, -0.15) is 0 Å². The maximum atomic E-state index is 12.8. The van der Waals surface area contributed by atoms with E-state index in [1.54, 1.807) is 6.07 Å². The summed E-state index contributed by atoms with van der Waals surface area (Å²) in [5, 5.41) is 0.302. The lowest BCUT2D eigenvalue weighted by Gasteiger charge is -2.10. The van der Waals surface area contributed by atoms with Crippen LogP contribution in [-0.2, 0) is 0 Å². The number of rotatable bonds is 4. The van der Waals surface area contributed by atoms with E-state index in [0.29, 0.717) is 10.9 Å². The summed E-state index contributed by atoms with van der Waals surface area (Å²) in [5.74, 6) is -0.215. The molecule has 4 rings (SSSR count). The van der Waals surface area contributed by atoms with E-state index >= 15 is 0 Å². The highest BCUT2D eigenvalue weighted by Crippen LogP contribution is 2.29. The van der Waals surface area contributed by atoms with Crippen molar-refractivity contribution in [3.63, 3.8) is 0 Å². The van der Waals surface area contributed by atoms with Crippen molar-refractivity contribution < 1.29 is 20.4 Å². The number of methoxy groups -OCH3 is 1. The lowest BCUT2D eigenvalue weighted by Crippen LogP contribution is -2.15. The number of H-pyrrole nitrogens is 1. The van der Waals surface area contributed by atoms with Gasteiger partial charge in [-0.25, -0.2) is 9.78 Å². The maximum absolute atomic E-state index is 12.8. The smallest absolute Gasteiger partial charge is 0.332 e. The van der Waals surface area contributed by atoms with Gasteiger partial charge in [0, 0.05) is 28.0 Å². The van der Waals surface area contributed by atoms with Crippen LogP contribution in [0.2, 0.25) is 0 Å². The quantitative estimate of drug-likeness (QED) is 0.615. The first-order chi connectivity index (χ1) is 15.3. The van der Waals surface area contributed by atoms with Crippen LogP contribution in [0.3, 0.4) is 0 Å². The van der Waals surface area contributed by atoms with Gasteiger partial charge in [0.25, 0.3) is 0 Å². The van der Waals surface area contributed by atoms with Crippen molar-refractivity contribution in [2.75, 3.05) is 13.6 Å². The van der Waals surface area contributed by atoms with E-state index in [2.05, 4.69) is 15.0 Å². The average Bonchev–Trinajstić information content (AvgIpc) is 3.02. The molecule has 126 valence electrons. The first-order valence-corrected chi connectivity index (χ1v) is 7.14. The number of nitrogens with zero attached hydrogens (tertiary/aromatic N) is 3. The molecule has 0 radical (unpaired) electrons. The fourth-order valence-electron chi connectivity index (χ4n) is 2.72. The van der Waals surface area contributed by atoms with Gasteiger partial charge in [-0.3, -0.25) is 14.5 Å². The van der Waals surface area contributed by atoms with Crippen molar-refractivity contribution in [3.8, 4) is 17.2 Å². The minimum atomic E-state index is -3.10. The molecule has 0 atom stereocenters. The molecule has 4 aromatic rings. The fourth-order valence-corrected chi connectivity index (χ4v) is 2.72. The molecule has 0 unspecified atom stereocenters. The monoisotopic (exact) mass is 344 g/mol. The lowest BCUT2D eigenvalue weighted by atomic mass is 10.2. The number of imidazole rings is 1. The number of aromatic amines is 1. The van der Waals surface area contributed by atoms with Crippen LogP contribution in [0.1, 0.15) is 17.8 Å². The second-order valence-corrected chi connectivity index (χ2v) is 5.09. The third-order valence-electron chi connectivity index (χ3n) is 3.75. The van der Waals surface area contributed by atoms with Gasteiger partial charge < -0.3 is 9.47 Å². The summed E-state index contributed by atoms with van der Waals surface area (Å²) in [5.41, 5.74) is 0.00179. The summed E-state index contributed by atoms with van der Waals surface area (Å²) in [6.07, 6.45) is 2.62. The Labute approximate surface area is 154 Å². The van der Waals surface area contributed by atoms with E-state index in [1.165, 1.54) is 36.7 Å². The summed E-state index contributed by atoms with van der Waals surface area (Å²) in [7, 11) is -2.71. The Morgan fingerprint density at radius 3 is 3.00 bits per heavy atom. The minimum absolute atomic E-state index is 0.00263. The van der Waals surface area contributed by atoms with Crippen molar-refractivity contribution in [2.45, 2.75) is 6.85 Å². The number of fused-ring (bicyclic) bond motifs is 2. The normalized spacial score (nSPS) is 17.4. The van der Waals surface area contributed by atoms with E-state index in [9.17, 15) is 4.79 Å². The first-order valence-electron chi connectivity index (χ1n) is 11.1. The number of aromatic nitrogens is 4. The SMILES string of the molecule is [2H]C([2H])([2H])Oc1ccnc2ccc(-n3c(=O)[nH]c4nccc(OC([2H])([2H])C([2H])([2H])[2H])c43)cc12. The van der Waals surface area contributed by atoms with Gasteiger partial charge >= 0.3 is 5.69 Å².